The molecule has 0 spiro atoms. The highest BCUT2D eigenvalue weighted by molar-refractivity contribution is 14.1. The van der Waals surface area contributed by atoms with E-state index in [9.17, 15) is 14.7 Å². The van der Waals surface area contributed by atoms with Gasteiger partial charge in [-0.15, -0.1) is 6.58 Å². The second-order valence-corrected chi connectivity index (χ2v) is 6.92. The van der Waals surface area contributed by atoms with Crippen LogP contribution in [-0.4, -0.2) is 27.7 Å². The number of benzene rings is 1. The summed E-state index contributed by atoms with van der Waals surface area (Å²) in [7, 11) is 0. The van der Waals surface area contributed by atoms with Gasteiger partial charge in [-0.05, 0) is 74.1 Å². The Labute approximate surface area is 142 Å². The van der Waals surface area contributed by atoms with Crippen LogP contribution in [-0.2, 0) is 4.79 Å². The standard InChI is InChI=1S/C13H9BrINO3S/c1-2-3-16-12(18)10(20-13(16)19)6-7-4-8(14)11(17)9(15)5-7/h2,4-6,17H,1,3H2/b10-6+. The smallest absolute Gasteiger partial charge is 0.293 e. The number of phenolic OH excluding ortho intramolecular Hbond substituents is 1. The normalized spacial score (nSPS) is 17.1. The van der Waals surface area contributed by atoms with Crippen molar-refractivity contribution < 1.29 is 14.7 Å². The highest BCUT2D eigenvalue weighted by Crippen LogP contribution is 2.35. The minimum Gasteiger partial charge on any atom is -0.506 e. The van der Waals surface area contributed by atoms with E-state index in [-0.39, 0.29) is 23.4 Å². The van der Waals surface area contributed by atoms with Crippen LogP contribution in [0, 0.1) is 3.57 Å². The van der Waals surface area contributed by atoms with Crippen LogP contribution in [0.25, 0.3) is 6.08 Å². The van der Waals surface area contributed by atoms with E-state index >= 15 is 0 Å². The van der Waals surface area contributed by atoms with Gasteiger partial charge in [-0.25, -0.2) is 0 Å². The van der Waals surface area contributed by atoms with Gasteiger partial charge in [0.1, 0.15) is 5.75 Å². The van der Waals surface area contributed by atoms with E-state index in [0.29, 0.717) is 12.9 Å². The first-order valence-electron chi connectivity index (χ1n) is 5.48. The summed E-state index contributed by atoms with van der Waals surface area (Å²) < 4.78 is 1.20. The van der Waals surface area contributed by atoms with Crippen LogP contribution in [0.5, 0.6) is 5.75 Å². The minimum atomic E-state index is -0.320. The quantitative estimate of drug-likeness (QED) is 0.416. The first-order chi connectivity index (χ1) is 9.43. The molecule has 1 N–H and O–H groups in total. The molecule has 0 atom stereocenters. The summed E-state index contributed by atoms with van der Waals surface area (Å²) >= 11 is 6.14. The molecule has 7 heteroatoms. The van der Waals surface area contributed by atoms with Crippen LogP contribution in [0.2, 0.25) is 0 Å². The Bertz CT molecular complexity index is 621. The molecule has 2 rings (SSSR count). The molecule has 1 heterocycles. The fraction of sp³-hybridized carbons (Fsp3) is 0.0769. The predicted octanol–water partition coefficient (Wildman–Crippen LogP) is 3.98. The summed E-state index contributed by atoms with van der Waals surface area (Å²) in [6.07, 6.45) is 3.15. The van der Waals surface area contributed by atoms with Crippen LogP contribution in [0.1, 0.15) is 5.56 Å². The fourth-order valence-electron chi connectivity index (χ4n) is 1.61. The number of amides is 2. The van der Waals surface area contributed by atoms with Crippen molar-refractivity contribution in [2.24, 2.45) is 0 Å². The molecule has 1 aromatic carbocycles. The largest absolute Gasteiger partial charge is 0.506 e. The van der Waals surface area contributed by atoms with Gasteiger partial charge in [0, 0.05) is 6.54 Å². The molecule has 0 saturated carbocycles. The molecule has 2 amide bonds. The number of nitrogens with zero attached hydrogens (tertiary/aromatic N) is 1. The van der Waals surface area contributed by atoms with Gasteiger partial charge in [0.15, 0.2) is 0 Å². The average Bonchev–Trinajstić information content (AvgIpc) is 2.64. The van der Waals surface area contributed by atoms with Crippen molar-refractivity contribution in [1.82, 2.24) is 4.90 Å². The van der Waals surface area contributed by atoms with Crippen molar-refractivity contribution in [2.75, 3.05) is 6.54 Å². The SMILES string of the molecule is C=CCN1C(=O)S/C(=C/c2cc(Br)c(O)c(I)c2)C1=O. The Kier molecular flexibility index (Phi) is 4.92. The highest BCUT2D eigenvalue weighted by atomic mass is 127. The summed E-state index contributed by atoms with van der Waals surface area (Å²) in [6.45, 7) is 3.73. The van der Waals surface area contributed by atoms with Crippen LogP contribution < -0.4 is 0 Å². The Balaban J connectivity index is 2.35. The number of carbonyl (C=O) groups excluding carboxylic acids is 2. The molecule has 0 aliphatic carbocycles. The summed E-state index contributed by atoms with van der Waals surface area (Å²) in [5.74, 6) is -0.165. The number of rotatable bonds is 3. The van der Waals surface area contributed by atoms with Gasteiger partial charge in [0.25, 0.3) is 11.1 Å². The monoisotopic (exact) mass is 465 g/mol. The molecule has 1 fully saturated rings. The molecule has 104 valence electrons. The maximum absolute atomic E-state index is 12.1. The molecule has 0 unspecified atom stereocenters. The van der Waals surface area contributed by atoms with Crippen LogP contribution >= 0.6 is 50.3 Å². The topological polar surface area (TPSA) is 57.6 Å². The molecule has 0 bridgehead atoms. The number of thioether (sulfide) groups is 1. The van der Waals surface area contributed by atoms with Crippen LogP contribution in [0.3, 0.4) is 0 Å². The Hall–Kier alpha value is -0.800. The summed E-state index contributed by atoms with van der Waals surface area (Å²) in [5, 5.41) is 9.38. The lowest BCUT2D eigenvalue weighted by atomic mass is 10.2. The zero-order valence-electron chi connectivity index (χ0n) is 10.1. The third kappa shape index (κ3) is 3.09. The Morgan fingerprint density at radius 1 is 1.45 bits per heavy atom. The number of halogens is 2. The zero-order valence-corrected chi connectivity index (χ0v) is 14.7. The second kappa shape index (κ2) is 6.31. The van der Waals surface area contributed by atoms with E-state index in [0.717, 1.165) is 22.2 Å². The molecular formula is C13H9BrINO3S. The molecule has 20 heavy (non-hydrogen) atoms. The van der Waals surface area contributed by atoms with Gasteiger partial charge >= 0.3 is 0 Å². The molecule has 1 aliphatic heterocycles. The first-order valence-corrected chi connectivity index (χ1v) is 8.17. The first kappa shape index (κ1) is 15.6. The number of phenols is 1. The predicted molar refractivity (Wildman–Crippen MR) is 91.4 cm³/mol. The molecule has 0 aromatic heterocycles. The van der Waals surface area contributed by atoms with Crippen molar-refractivity contribution in [1.29, 1.82) is 0 Å². The lowest BCUT2D eigenvalue weighted by molar-refractivity contribution is -0.122. The average molecular weight is 466 g/mol. The molecule has 0 radical (unpaired) electrons. The summed E-state index contributed by atoms with van der Waals surface area (Å²) in [4.78, 5) is 25.3. The van der Waals surface area contributed by atoms with Gasteiger partial charge in [-0.1, -0.05) is 6.08 Å². The van der Waals surface area contributed by atoms with Crippen molar-refractivity contribution in [3.05, 3.63) is 43.3 Å². The fourth-order valence-corrected chi connectivity index (χ4v) is 3.95. The van der Waals surface area contributed by atoms with Gasteiger partial charge in [-0.2, -0.15) is 0 Å². The number of imide groups is 1. The molecule has 4 nitrogen and oxygen atoms in total. The lowest BCUT2D eigenvalue weighted by Crippen LogP contribution is -2.27. The van der Waals surface area contributed by atoms with Gasteiger partial charge < -0.3 is 5.11 Å². The van der Waals surface area contributed by atoms with E-state index in [1.807, 2.05) is 22.6 Å². The van der Waals surface area contributed by atoms with Crippen molar-refractivity contribution >= 4 is 67.5 Å². The van der Waals surface area contributed by atoms with E-state index in [1.165, 1.54) is 6.08 Å². The van der Waals surface area contributed by atoms with E-state index in [2.05, 4.69) is 22.5 Å². The lowest BCUT2D eigenvalue weighted by Gasteiger charge is -2.07. The van der Waals surface area contributed by atoms with Crippen molar-refractivity contribution in [3.63, 3.8) is 0 Å². The van der Waals surface area contributed by atoms with Crippen molar-refractivity contribution in [3.8, 4) is 5.75 Å². The minimum absolute atomic E-state index is 0.155. The third-order valence-corrected chi connectivity index (χ3v) is 4.86. The van der Waals surface area contributed by atoms with Gasteiger partial charge in [-0.3, -0.25) is 14.5 Å². The van der Waals surface area contributed by atoms with E-state index < -0.39 is 0 Å². The Morgan fingerprint density at radius 2 is 2.15 bits per heavy atom. The number of aromatic hydroxyl groups is 1. The van der Waals surface area contributed by atoms with Crippen LogP contribution in [0.15, 0.2) is 34.2 Å². The summed E-state index contributed by atoms with van der Waals surface area (Å²) in [5.41, 5.74) is 0.739. The molecular weight excluding hydrogens is 457 g/mol. The Morgan fingerprint density at radius 3 is 2.75 bits per heavy atom. The molecule has 1 aliphatic rings. The second-order valence-electron chi connectivity index (χ2n) is 3.91. The molecule has 1 saturated heterocycles. The van der Waals surface area contributed by atoms with E-state index in [1.54, 1.807) is 18.2 Å². The maximum Gasteiger partial charge on any atom is 0.293 e. The maximum atomic E-state index is 12.1. The number of carbonyl (C=O) groups is 2. The van der Waals surface area contributed by atoms with Gasteiger partial charge in [0.05, 0.1) is 12.9 Å². The van der Waals surface area contributed by atoms with Crippen molar-refractivity contribution in [2.45, 2.75) is 0 Å². The van der Waals surface area contributed by atoms with E-state index in [4.69, 9.17) is 0 Å². The highest BCUT2D eigenvalue weighted by Gasteiger charge is 2.34. The third-order valence-electron chi connectivity index (χ3n) is 2.52. The zero-order chi connectivity index (χ0) is 14.9. The number of hydrogen-bond donors (Lipinski definition) is 1. The van der Waals surface area contributed by atoms with Gasteiger partial charge in [0.2, 0.25) is 0 Å². The number of hydrogen-bond acceptors (Lipinski definition) is 4. The van der Waals surface area contributed by atoms with Crippen LogP contribution in [0.4, 0.5) is 4.79 Å². The molecule has 1 aromatic rings. The summed E-state index contributed by atoms with van der Waals surface area (Å²) in [6, 6.07) is 3.43.